The fraction of sp³-hybridized carbons (Fsp3) is 0.556. The second-order valence-electron chi connectivity index (χ2n) is 9.61. The highest BCUT2D eigenvalue weighted by Crippen LogP contribution is 2.26. The largest absolute Gasteiger partial charge is 0.371 e. The van der Waals surface area contributed by atoms with Crippen LogP contribution in [-0.4, -0.2) is 50.1 Å². The van der Waals surface area contributed by atoms with Crippen molar-refractivity contribution in [2.75, 3.05) is 45.2 Å². The van der Waals surface area contributed by atoms with Gasteiger partial charge in [0.2, 0.25) is 0 Å². The van der Waals surface area contributed by atoms with Crippen LogP contribution in [0.15, 0.2) is 48.5 Å². The molecule has 0 unspecified atom stereocenters. The zero-order valence-electron chi connectivity index (χ0n) is 19.6. The van der Waals surface area contributed by atoms with Gasteiger partial charge in [-0.15, -0.1) is 0 Å². The van der Waals surface area contributed by atoms with Crippen LogP contribution in [0, 0.1) is 5.92 Å². The zero-order chi connectivity index (χ0) is 21.3. The van der Waals surface area contributed by atoms with E-state index >= 15 is 0 Å². The number of benzene rings is 2. The van der Waals surface area contributed by atoms with Gasteiger partial charge in [-0.3, -0.25) is 4.90 Å². The molecule has 0 aliphatic carbocycles. The minimum absolute atomic E-state index is 0.696. The first-order chi connectivity index (χ1) is 14.5. The average molecular weight is 408 g/mol. The maximum atomic E-state index is 2.62. The zero-order valence-corrected chi connectivity index (χ0v) is 19.6. The van der Waals surface area contributed by atoms with Gasteiger partial charge < -0.3 is 9.80 Å². The van der Waals surface area contributed by atoms with Crippen molar-refractivity contribution in [1.82, 2.24) is 9.80 Å². The summed E-state index contributed by atoms with van der Waals surface area (Å²) in [6.45, 7) is 11.2. The van der Waals surface area contributed by atoms with Gasteiger partial charge in [0.1, 0.15) is 0 Å². The molecule has 3 heteroatoms. The fourth-order valence-electron chi connectivity index (χ4n) is 4.47. The Labute approximate surface area is 184 Å². The summed E-state index contributed by atoms with van der Waals surface area (Å²) in [5, 5.41) is 0. The van der Waals surface area contributed by atoms with E-state index in [1.165, 1.54) is 54.7 Å². The molecule has 3 nitrogen and oxygen atoms in total. The minimum atomic E-state index is 0.696. The Morgan fingerprint density at radius 3 is 2.30 bits per heavy atom. The van der Waals surface area contributed by atoms with Crippen LogP contribution in [0.5, 0.6) is 0 Å². The highest BCUT2D eigenvalue weighted by atomic mass is 15.2. The molecular formula is C27H41N3. The minimum Gasteiger partial charge on any atom is -0.371 e. The van der Waals surface area contributed by atoms with E-state index in [0.29, 0.717) is 5.92 Å². The highest BCUT2D eigenvalue weighted by molar-refractivity contribution is 5.54. The molecule has 2 aromatic carbocycles. The van der Waals surface area contributed by atoms with E-state index in [9.17, 15) is 0 Å². The summed E-state index contributed by atoms with van der Waals surface area (Å²) in [5.41, 5.74) is 5.81. The third-order valence-corrected chi connectivity index (χ3v) is 5.99. The van der Waals surface area contributed by atoms with E-state index in [1.54, 1.807) is 0 Å². The van der Waals surface area contributed by atoms with Crippen LogP contribution < -0.4 is 4.90 Å². The molecule has 0 atom stereocenters. The molecule has 1 heterocycles. The van der Waals surface area contributed by atoms with Crippen molar-refractivity contribution < 1.29 is 0 Å². The molecule has 30 heavy (non-hydrogen) atoms. The van der Waals surface area contributed by atoms with Crippen LogP contribution in [0.25, 0.3) is 0 Å². The summed E-state index contributed by atoms with van der Waals surface area (Å²) in [7, 11) is 4.34. The summed E-state index contributed by atoms with van der Waals surface area (Å²) in [5.74, 6) is 0.696. The summed E-state index contributed by atoms with van der Waals surface area (Å²) in [6, 6.07) is 18.3. The van der Waals surface area contributed by atoms with Crippen molar-refractivity contribution in [2.45, 2.75) is 52.6 Å². The first-order valence-electron chi connectivity index (χ1n) is 11.8. The molecule has 1 aliphatic rings. The topological polar surface area (TPSA) is 9.72 Å². The molecule has 0 amide bonds. The van der Waals surface area contributed by atoms with Crippen molar-refractivity contribution in [3.63, 3.8) is 0 Å². The van der Waals surface area contributed by atoms with Crippen LogP contribution >= 0.6 is 0 Å². The summed E-state index contributed by atoms with van der Waals surface area (Å²) in [6.07, 6.45) is 5.17. The van der Waals surface area contributed by atoms with Crippen molar-refractivity contribution in [1.29, 1.82) is 0 Å². The lowest BCUT2D eigenvalue weighted by molar-refractivity contribution is 0.226. The van der Waals surface area contributed by atoms with Gasteiger partial charge in [0.25, 0.3) is 0 Å². The van der Waals surface area contributed by atoms with Gasteiger partial charge in [-0.05, 0) is 68.5 Å². The van der Waals surface area contributed by atoms with Gasteiger partial charge in [0.05, 0.1) is 0 Å². The SMILES string of the molecule is CC(C)Cc1cccc(CN(CCN(C)C)Cc2ccccc2N2CCCCC2)c1. The second-order valence-corrected chi connectivity index (χ2v) is 9.61. The monoisotopic (exact) mass is 407 g/mol. The van der Waals surface area contributed by atoms with Gasteiger partial charge in [-0.1, -0.05) is 56.3 Å². The Morgan fingerprint density at radius 1 is 0.833 bits per heavy atom. The fourth-order valence-corrected chi connectivity index (χ4v) is 4.47. The van der Waals surface area contributed by atoms with Crippen molar-refractivity contribution >= 4 is 5.69 Å². The van der Waals surface area contributed by atoms with E-state index in [-0.39, 0.29) is 0 Å². The molecule has 1 saturated heterocycles. The molecule has 2 aromatic rings. The Hall–Kier alpha value is -1.84. The Kier molecular flexibility index (Phi) is 8.77. The molecule has 0 bridgehead atoms. The quantitative estimate of drug-likeness (QED) is 0.519. The Morgan fingerprint density at radius 2 is 1.57 bits per heavy atom. The van der Waals surface area contributed by atoms with Crippen LogP contribution in [0.1, 0.15) is 49.8 Å². The van der Waals surface area contributed by atoms with Crippen LogP contribution in [0.2, 0.25) is 0 Å². The van der Waals surface area contributed by atoms with Gasteiger partial charge in [-0.25, -0.2) is 0 Å². The van der Waals surface area contributed by atoms with Crippen molar-refractivity contribution in [2.24, 2.45) is 5.92 Å². The molecule has 0 radical (unpaired) electrons. The maximum Gasteiger partial charge on any atom is 0.0411 e. The predicted octanol–water partition coefficient (Wildman–Crippen LogP) is 5.44. The molecular weight excluding hydrogens is 366 g/mol. The summed E-state index contributed by atoms with van der Waals surface area (Å²) in [4.78, 5) is 7.52. The lowest BCUT2D eigenvalue weighted by Crippen LogP contribution is -2.33. The van der Waals surface area contributed by atoms with Gasteiger partial charge >= 0.3 is 0 Å². The number of rotatable bonds is 10. The average Bonchev–Trinajstić information content (AvgIpc) is 2.73. The molecule has 1 fully saturated rings. The van der Waals surface area contributed by atoms with Gasteiger partial charge in [0.15, 0.2) is 0 Å². The highest BCUT2D eigenvalue weighted by Gasteiger charge is 2.16. The van der Waals surface area contributed by atoms with E-state index in [4.69, 9.17) is 0 Å². The second kappa shape index (κ2) is 11.5. The molecule has 0 saturated carbocycles. The Bertz CT molecular complexity index is 762. The smallest absolute Gasteiger partial charge is 0.0411 e. The normalized spacial score (nSPS) is 14.8. The van der Waals surface area contributed by atoms with E-state index in [2.05, 4.69) is 91.2 Å². The number of hydrogen-bond acceptors (Lipinski definition) is 3. The number of likely N-dealkylation sites (N-methyl/N-ethyl adjacent to an activating group) is 1. The van der Waals surface area contributed by atoms with Gasteiger partial charge in [0, 0.05) is 45.0 Å². The number of anilines is 1. The molecule has 0 aromatic heterocycles. The third kappa shape index (κ3) is 7.14. The first-order valence-corrected chi connectivity index (χ1v) is 11.8. The van der Waals surface area contributed by atoms with Crippen LogP contribution in [0.4, 0.5) is 5.69 Å². The van der Waals surface area contributed by atoms with E-state index in [1.807, 2.05) is 0 Å². The van der Waals surface area contributed by atoms with E-state index < -0.39 is 0 Å². The maximum absolute atomic E-state index is 2.62. The molecule has 0 N–H and O–H groups in total. The number of hydrogen-bond donors (Lipinski definition) is 0. The van der Waals surface area contributed by atoms with Crippen molar-refractivity contribution in [3.05, 3.63) is 65.2 Å². The first kappa shape index (κ1) is 22.8. The third-order valence-electron chi connectivity index (χ3n) is 5.99. The summed E-state index contributed by atoms with van der Waals surface area (Å²) >= 11 is 0. The van der Waals surface area contributed by atoms with Gasteiger partial charge in [-0.2, -0.15) is 0 Å². The molecule has 1 aliphatic heterocycles. The number of piperidine rings is 1. The lowest BCUT2D eigenvalue weighted by Gasteiger charge is -2.32. The number of para-hydroxylation sites is 1. The molecule has 3 rings (SSSR count). The van der Waals surface area contributed by atoms with E-state index in [0.717, 1.165) is 32.6 Å². The van der Waals surface area contributed by atoms with Crippen molar-refractivity contribution in [3.8, 4) is 0 Å². The number of nitrogens with zero attached hydrogens (tertiary/aromatic N) is 3. The van der Waals surface area contributed by atoms with Crippen LogP contribution in [0.3, 0.4) is 0 Å². The summed E-state index contributed by atoms with van der Waals surface area (Å²) < 4.78 is 0. The molecule has 164 valence electrons. The van der Waals surface area contributed by atoms with Crippen LogP contribution in [-0.2, 0) is 19.5 Å². The molecule has 0 spiro atoms. The lowest BCUT2D eigenvalue weighted by atomic mass is 10.0. The predicted molar refractivity (Wildman–Crippen MR) is 130 cm³/mol. The Balaban J connectivity index is 1.76. The standard InChI is InChI=1S/C27H41N3/c1-23(2)19-24-11-10-12-25(20-24)21-29(18-17-28(3)4)22-26-13-6-7-14-27(26)30-15-8-5-9-16-30/h6-7,10-14,20,23H,5,8-9,15-19,21-22H2,1-4H3.